The summed E-state index contributed by atoms with van der Waals surface area (Å²) in [6.45, 7) is -0.370. The molecule has 1 saturated carbocycles. The zero-order chi connectivity index (χ0) is 19.0. The van der Waals surface area contributed by atoms with E-state index in [2.05, 4.69) is 5.32 Å². The highest BCUT2D eigenvalue weighted by Crippen LogP contribution is 2.27. The van der Waals surface area contributed by atoms with E-state index in [9.17, 15) is 18.0 Å². The van der Waals surface area contributed by atoms with Crippen LogP contribution in [0, 0.1) is 5.92 Å². The quantitative estimate of drug-likeness (QED) is 0.698. The number of amides is 1. The van der Waals surface area contributed by atoms with Crippen LogP contribution in [-0.4, -0.2) is 33.2 Å². The van der Waals surface area contributed by atoms with Crippen molar-refractivity contribution in [2.24, 2.45) is 5.92 Å². The van der Waals surface area contributed by atoms with Crippen molar-refractivity contribution in [1.82, 2.24) is 0 Å². The van der Waals surface area contributed by atoms with Gasteiger partial charge >= 0.3 is 5.97 Å². The van der Waals surface area contributed by atoms with Gasteiger partial charge in [0, 0.05) is 18.4 Å². The Labute approximate surface area is 155 Å². The average molecular weight is 381 g/mol. The van der Waals surface area contributed by atoms with E-state index in [0.29, 0.717) is 12.1 Å². The van der Waals surface area contributed by atoms with Crippen molar-refractivity contribution in [2.45, 2.75) is 56.3 Å². The molecule has 26 heavy (non-hydrogen) atoms. The van der Waals surface area contributed by atoms with Gasteiger partial charge in [-0.3, -0.25) is 9.59 Å². The van der Waals surface area contributed by atoms with Crippen molar-refractivity contribution < 1.29 is 22.7 Å². The van der Waals surface area contributed by atoms with Crippen molar-refractivity contribution >= 4 is 27.4 Å². The van der Waals surface area contributed by atoms with Crippen LogP contribution in [-0.2, 0) is 24.2 Å². The zero-order valence-corrected chi connectivity index (χ0v) is 16.0. The minimum atomic E-state index is -3.34. The van der Waals surface area contributed by atoms with Crippen LogP contribution in [0.5, 0.6) is 0 Å². The van der Waals surface area contributed by atoms with E-state index in [1.807, 2.05) is 0 Å². The largest absolute Gasteiger partial charge is 0.456 e. The number of benzene rings is 1. The zero-order valence-electron chi connectivity index (χ0n) is 15.2. The lowest BCUT2D eigenvalue weighted by molar-refractivity contribution is -0.147. The normalized spacial score (nSPS) is 15.4. The molecule has 2 rings (SSSR count). The van der Waals surface area contributed by atoms with Crippen molar-refractivity contribution in [1.29, 1.82) is 0 Å². The van der Waals surface area contributed by atoms with Crippen LogP contribution in [0.2, 0.25) is 0 Å². The molecule has 0 saturated heterocycles. The lowest BCUT2D eigenvalue weighted by atomic mass is 9.86. The minimum absolute atomic E-state index is 0.120. The Morgan fingerprint density at radius 2 is 1.92 bits per heavy atom. The van der Waals surface area contributed by atoms with Gasteiger partial charge in [0.2, 0.25) is 0 Å². The number of carbonyl (C=O) groups is 2. The van der Waals surface area contributed by atoms with E-state index >= 15 is 0 Å². The van der Waals surface area contributed by atoms with Gasteiger partial charge in [0.25, 0.3) is 5.91 Å². The van der Waals surface area contributed by atoms with Gasteiger partial charge in [0.15, 0.2) is 16.4 Å². The van der Waals surface area contributed by atoms with Gasteiger partial charge < -0.3 is 10.1 Å². The molecule has 1 N–H and O–H groups in total. The molecule has 0 aromatic heterocycles. The summed E-state index contributed by atoms with van der Waals surface area (Å²) in [5.41, 5.74) is 0.353. The third-order valence-corrected chi connectivity index (χ3v) is 5.74. The molecule has 0 spiro atoms. The molecule has 0 heterocycles. The molecule has 0 radical (unpaired) electrons. The first-order valence-electron chi connectivity index (χ1n) is 9.10. The molecular formula is C19H27NO5S. The molecule has 1 aliphatic carbocycles. The standard InChI is InChI=1S/C19H27NO5S/c1-26(23,24)17-11-6-10-16(13-17)20-18(21)14-25-19(22)12-5-9-15-7-3-2-4-8-15/h6,10-11,13,15H,2-5,7-9,12,14H2,1H3,(H,20,21). The van der Waals surface area contributed by atoms with Crippen LogP contribution in [0.1, 0.15) is 51.4 Å². The van der Waals surface area contributed by atoms with E-state index in [0.717, 1.165) is 25.0 Å². The fourth-order valence-electron chi connectivity index (χ4n) is 3.23. The topological polar surface area (TPSA) is 89.5 Å². The molecular weight excluding hydrogens is 354 g/mol. The number of esters is 1. The monoisotopic (exact) mass is 381 g/mol. The second-order valence-electron chi connectivity index (χ2n) is 6.91. The Morgan fingerprint density at radius 1 is 1.19 bits per heavy atom. The maximum absolute atomic E-state index is 11.9. The highest BCUT2D eigenvalue weighted by atomic mass is 32.2. The van der Waals surface area contributed by atoms with E-state index < -0.39 is 15.7 Å². The van der Waals surface area contributed by atoms with Crippen molar-refractivity contribution in [3.63, 3.8) is 0 Å². The summed E-state index contributed by atoms with van der Waals surface area (Å²) < 4.78 is 28.0. The summed E-state index contributed by atoms with van der Waals surface area (Å²) in [7, 11) is -3.34. The molecule has 0 atom stereocenters. The molecule has 1 amide bonds. The smallest absolute Gasteiger partial charge is 0.306 e. The molecule has 1 aromatic carbocycles. The highest BCUT2D eigenvalue weighted by molar-refractivity contribution is 7.90. The minimum Gasteiger partial charge on any atom is -0.456 e. The molecule has 1 aliphatic rings. The predicted molar refractivity (Wildman–Crippen MR) is 99.6 cm³/mol. The number of sulfone groups is 1. The summed E-state index contributed by atoms with van der Waals surface area (Å²) in [5, 5.41) is 2.54. The van der Waals surface area contributed by atoms with Crippen LogP contribution in [0.3, 0.4) is 0 Å². The van der Waals surface area contributed by atoms with E-state index in [-0.39, 0.29) is 17.5 Å². The van der Waals surface area contributed by atoms with E-state index in [1.165, 1.54) is 44.2 Å². The molecule has 7 heteroatoms. The Kier molecular flexibility index (Phi) is 7.63. The van der Waals surface area contributed by atoms with E-state index in [4.69, 9.17) is 4.74 Å². The first-order valence-corrected chi connectivity index (χ1v) is 11.0. The lowest BCUT2D eigenvalue weighted by Crippen LogP contribution is -2.21. The first kappa shape index (κ1) is 20.4. The molecule has 1 aromatic rings. The highest BCUT2D eigenvalue weighted by Gasteiger charge is 2.15. The summed E-state index contributed by atoms with van der Waals surface area (Å²) in [4.78, 5) is 23.7. The Hall–Kier alpha value is -1.89. The number of hydrogen-bond acceptors (Lipinski definition) is 5. The van der Waals surface area contributed by atoms with Crippen molar-refractivity contribution in [3.05, 3.63) is 24.3 Å². The fourth-order valence-corrected chi connectivity index (χ4v) is 3.90. The number of rotatable bonds is 8. The third-order valence-electron chi connectivity index (χ3n) is 4.63. The summed E-state index contributed by atoms with van der Waals surface area (Å²) >= 11 is 0. The Balaban J connectivity index is 1.68. The van der Waals surface area contributed by atoms with Gasteiger partial charge in [-0.05, 0) is 37.0 Å². The predicted octanol–water partition coefficient (Wildman–Crippen LogP) is 3.32. The SMILES string of the molecule is CS(=O)(=O)c1cccc(NC(=O)COC(=O)CCCC2CCCCC2)c1. The lowest BCUT2D eigenvalue weighted by Gasteiger charge is -2.20. The van der Waals surface area contributed by atoms with Gasteiger partial charge in [-0.25, -0.2) is 8.42 Å². The molecule has 0 unspecified atom stereocenters. The Bertz CT molecular complexity index is 723. The van der Waals surface area contributed by atoms with Gasteiger partial charge in [0.05, 0.1) is 4.90 Å². The maximum atomic E-state index is 11.9. The number of carbonyl (C=O) groups excluding carboxylic acids is 2. The molecule has 6 nitrogen and oxygen atoms in total. The number of hydrogen-bond donors (Lipinski definition) is 1. The van der Waals surface area contributed by atoms with Crippen LogP contribution < -0.4 is 5.32 Å². The molecule has 0 aliphatic heterocycles. The molecule has 1 fully saturated rings. The number of ether oxygens (including phenoxy) is 1. The first-order chi connectivity index (χ1) is 12.3. The summed E-state index contributed by atoms with van der Waals surface area (Å²) in [6.07, 6.45) is 9.66. The van der Waals surface area contributed by atoms with Crippen LogP contribution in [0.4, 0.5) is 5.69 Å². The fraction of sp³-hybridized carbons (Fsp3) is 0.579. The van der Waals surface area contributed by atoms with Gasteiger partial charge in [0.1, 0.15) is 0 Å². The summed E-state index contributed by atoms with van der Waals surface area (Å²) in [5.74, 6) is -0.140. The molecule has 0 bridgehead atoms. The van der Waals surface area contributed by atoms with Crippen LogP contribution in [0.25, 0.3) is 0 Å². The third kappa shape index (κ3) is 7.15. The number of nitrogens with one attached hydrogen (secondary N) is 1. The van der Waals surface area contributed by atoms with Crippen molar-refractivity contribution in [2.75, 3.05) is 18.2 Å². The van der Waals surface area contributed by atoms with Crippen molar-refractivity contribution in [3.8, 4) is 0 Å². The second kappa shape index (κ2) is 9.71. The maximum Gasteiger partial charge on any atom is 0.306 e. The summed E-state index contributed by atoms with van der Waals surface area (Å²) in [6, 6.07) is 5.96. The second-order valence-corrected chi connectivity index (χ2v) is 8.92. The van der Waals surface area contributed by atoms with Crippen LogP contribution >= 0.6 is 0 Å². The Morgan fingerprint density at radius 3 is 2.62 bits per heavy atom. The van der Waals surface area contributed by atoms with E-state index in [1.54, 1.807) is 12.1 Å². The number of anilines is 1. The van der Waals surface area contributed by atoms with Gasteiger partial charge in [-0.1, -0.05) is 38.2 Å². The van der Waals surface area contributed by atoms with Crippen LogP contribution in [0.15, 0.2) is 29.2 Å². The van der Waals surface area contributed by atoms with Gasteiger partial charge in [-0.2, -0.15) is 0 Å². The average Bonchev–Trinajstić information content (AvgIpc) is 2.60. The van der Waals surface area contributed by atoms with Gasteiger partial charge in [-0.15, -0.1) is 0 Å². The molecule has 144 valence electrons.